The number of nitrogens with zero attached hydrogens (tertiary/aromatic N) is 6. The molecule has 1 N–H and O–H groups in total. The number of carbonyl (C=O) groups is 1. The average molecular weight is 546 g/mol. The first-order valence-corrected chi connectivity index (χ1v) is 15.0. The van der Waals surface area contributed by atoms with E-state index in [1.54, 1.807) is 19.4 Å². The second kappa shape index (κ2) is 10.5. The van der Waals surface area contributed by atoms with Gasteiger partial charge in [-0.15, -0.1) is 0 Å². The quantitative estimate of drug-likeness (QED) is 0.220. The van der Waals surface area contributed by atoms with Gasteiger partial charge in [0.25, 0.3) is 0 Å². The number of nitrogens with one attached hydrogen (secondary N) is 1. The molecular weight excluding hydrogens is 506 g/mol. The summed E-state index contributed by atoms with van der Waals surface area (Å²) < 4.78 is 11.6. The molecule has 10 nitrogen and oxygen atoms in total. The van der Waals surface area contributed by atoms with Crippen LogP contribution in [0, 0.1) is 23.2 Å². The summed E-state index contributed by atoms with van der Waals surface area (Å²) in [5.74, 6) is 4.83. The number of anilines is 3. The van der Waals surface area contributed by atoms with Gasteiger partial charge in [-0.2, -0.15) is 20.1 Å². The number of rotatable bonds is 8. The lowest BCUT2D eigenvalue weighted by Crippen LogP contribution is -2.51. The minimum Gasteiger partial charge on any atom is -0.493 e. The third-order valence-electron chi connectivity index (χ3n) is 9.63. The van der Waals surface area contributed by atoms with Crippen molar-refractivity contribution in [3.05, 3.63) is 23.8 Å². The van der Waals surface area contributed by atoms with Gasteiger partial charge in [-0.05, 0) is 106 Å². The summed E-state index contributed by atoms with van der Waals surface area (Å²) in [6, 6.07) is 5.53. The summed E-state index contributed by atoms with van der Waals surface area (Å²) in [4.78, 5) is 31.9. The van der Waals surface area contributed by atoms with Crippen molar-refractivity contribution < 1.29 is 14.3 Å². The number of carbonyl (C=O) groups excluding carboxylic acids is 1. The van der Waals surface area contributed by atoms with Crippen molar-refractivity contribution in [2.75, 3.05) is 48.5 Å². The van der Waals surface area contributed by atoms with E-state index >= 15 is 0 Å². The molecule has 0 radical (unpaired) electrons. The zero-order chi connectivity index (χ0) is 27.1. The fourth-order valence-electron chi connectivity index (χ4n) is 8.10. The highest BCUT2D eigenvalue weighted by Crippen LogP contribution is 2.60. The molecule has 212 valence electrons. The number of benzene rings is 1. The first kappa shape index (κ1) is 25.5. The lowest BCUT2D eigenvalue weighted by molar-refractivity contribution is -0.161. The second-order valence-electron chi connectivity index (χ2n) is 12.5. The topological polar surface area (TPSA) is 105 Å². The van der Waals surface area contributed by atoms with E-state index in [2.05, 4.69) is 30.3 Å². The number of aromatic nitrogens is 3. The molecule has 0 amide bonds. The summed E-state index contributed by atoms with van der Waals surface area (Å²) in [6.07, 6.45) is 13.1. The summed E-state index contributed by atoms with van der Waals surface area (Å²) >= 11 is 0. The zero-order valence-electron chi connectivity index (χ0n) is 23.3. The zero-order valence-corrected chi connectivity index (χ0v) is 23.3. The van der Waals surface area contributed by atoms with Gasteiger partial charge in [0.1, 0.15) is 0 Å². The van der Waals surface area contributed by atoms with Crippen molar-refractivity contribution >= 4 is 30.0 Å². The molecule has 2 aliphatic heterocycles. The van der Waals surface area contributed by atoms with Gasteiger partial charge in [0, 0.05) is 26.2 Å². The Morgan fingerprint density at radius 2 is 1.48 bits per heavy atom. The van der Waals surface area contributed by atoms with E-state index in [0.717, 1.165) is 76.7 Å². The maximum Gasteiger partial charge on any atom is 0.317 e. The number of hydrogen-bond donors (Lipinski definition) is 1. The van der Waals surface area contributed by atoms with E-state index in [4.69, 9.17) is 14.5 Å². The Balaban J connectivity index is 1.05. The van der Waals surface area contributed by atoms with Crippen LogP contribution in [0.15, 0.2) is 23.3 Å². The van der Waals surface area contributed by atoms with Crippen LogP contribution < -0.4 is 24.7 Å². The van der Waals surface area contributed by atoms with E-state index in [1.807, 2.05) is 12.1 Å². The van der Waals surface area contributed by atoms with Gasteiger partial charge in [0.05, 0.1) is 18.7 Å². The molecule has 6 fully saturated rings. The Hall–Kier alpha value is -3.43. The Morgan fingerprint density at radius 1 is 0.900 bits per heavy atom. The van der Waals surface area contributed by atoms with Crippen LogP contribution in [0.5, 0.6) is 11.5 Å². The number of ether oxygens (including phenoxy) is 2. The van der Waals surface area contributed by atoms with Gasteiger partial charge < -0.3 is 19.3 Å². The first-order valence-electron chi connectivity index (χ1n) is 15.0. The molecule has 6 aliphatic rings. The normalized spacial score (nSPS) is 29.0. The Morgan fingerprint density at radius 3 is 2.02 bits per heavy atom. The predicted molar refractivity (Wildman–Crippen MR) is 153 cm³/mol. The van der Waals surface area contributed by atoms with Gasteiger partial charge in [-0.3, -0.25) is 4.79 Å². The van der Waals surface area contributed by atoms with Crippen LogP contribution in [-0.2, 0) is 4.79 Å². The van der Waals surface area contributed by atoms with Crippen molar-refractivity contribution in [3.63, 3.8) is 0 Å². The van der Waals surface area contributed by atoms with Crippen molar-refractivity contribution in [3.8, 4) is 11.5 Å². The average Bonchev–Trinajstić information content (AvgIpc) is 3.68. The Labute approximate surface area is 235 Å². The van der Waals surface area contributed by atoms with E-state index in [9.17, 15) is 4.79 Å². The fraction of sp³-hybridized carbons (Fsp3) is 0.633. The third-order valence-corrected chi connectivity index (χ3v) is 9.63. The summed E-state index contributed by atoms with van der Waals surface area (Å²) in [5, 5.41) is 4.41. The standard InChI is InChI=1S/C30H39N7O3/c1-39-25-15-20(6-7-24(25)40-26(38)30-16-21-12-22(17-30)14-23(13-21)18-30)19-31-35-27-32-28(36-8-2-3-9-36)34-29(33-27)37-10-4-5-11-37/h6-7,15,19,21-23H,2-5,8-14,16-18H2,1H3,(H,32,33,34,35)/b31-19-. The molecule has 1 aromatic heterocycles. The Bertz CT molecular complexity index is 1220. The molecule has 0 atom stereocenters. The van der Waals surface area contributed by atoms with Crippen LogP contribution in [0.1, 0.15) is 69.8 Å². The maximum atomic E-state index is 13.5. The lowest BCUT2D eigenvalue weighted by atomic mass is 9.49. The minimum atomic E-state index is -0.309. The molecule has 40 heavy (non-hydrogen) atoms. The fourth-order valence-corrected chi connectivity index (χ4v) is 8.10. The van der Waals surface area contributed by atoms with Gasteiger partial charge in [0.15, 0.2) is 11.5 Å². The van der Waals surface area contributed by atoms with E-state index < -0.39 is 0 Å². The molecule has 4 aliphatic carbocycles. The van der Waals surface area contributed by atoms with Gasteiger partial charge in [-0.25, -0.2) is 5.43 Å². The highest BCUT2D eigenvalue weighted by Gasteiger charge is 2.55. The van der Waals surface area contributed by atoms with E-state index in [1.165, 1.54) is 19.3 Å². The van der Waals surface area contributed by atoms with Crippen molar-refractivity contribution in [1.29, 1.82) is 0 Å². The van der Waals surface area contributed by atoms with Crippen LogP contribution in [0.25, 0.3) is 0 Å². The molecule has 8 rings (SSSR count). The summed E-state index contributed by atoms with van der Waals surface area (Å²) in [7, 11) is 1.60. The number of hydrogen-bond acceptors (Lipinski definition) is 10. The SMILES string of the molecule is COc1cc(/C=N\Nc2nc(N3CCCC3)nc(N3CCCC3)n2)ccc1OC(=O)C12CC3CC(CC(C3)C1)C2. The number of methoxy groups -OCH3 is 1. The van der Waals surface area contributed by atoms with Gasteiger partial charge >= 0.3 is 5.97 Å². The van der Waals surface area contributed by atoms with Crippen molar-refractivity contribution in [2.24, 2.45) is 28.3 Å². The molecular formula is C30H39N7O3. The molecule has 4 saturated carbocycles. The van der Waals surface area contributed by atoms with E-state index in [0.29, 0.717) is 47.1 Å². The highest BCUT2D eigenvalue weighted by atomic mass is 16.6. The lowest BCUT2D eigenvalue weighted by Gasteiger charge is -2.55. The van der Waals surface area contributed by atoms with Crippen LogP contribution in [0.4, 0.5) is 17.8 Å². The minimum absolute atomic E-state index is 0.0783. The molecule has 1 aromatic carbocycles. The number of hydrazone groups is 1. The Kier molecular flexibility index (Phi) is 6.71. The molecule has 0 unspecified atom stereocenters. The third kappa shape index (κ3) is 4.97. The summed E-state index contributed by atoms with van der Waals surface area (Å²) in [6.45, 7) is 3.86. The predicted octanol–water partition coefficient (Wildman–Crippen LogP) is 4.65. The molecule has 4 bridgehead atoms. The maximum absolute atomic E-state index is 13.5. The molecule has 2 saturated heterocycles. The second-order valence-corrected chi connectivity index (χ2v) is 12.5. The number of esters is 1. The van der Waals surface area contributed by atoms with Crippen LogP contribution >= 0.6 is 0 Å². The van der Waals surface area contributed by atoms with E-state index in [-0.39, 0.29) is 11.4 Å². The van der Waals surface area contributed by atoms with Crippen LogP contribution in [-0.4, -0.2) is 60.4 Å². The molecule has 0 spiro atoms. The molecule has 3 heterocycles. The summed E-state index contributed by atoms with van der Waals surface area (Å²) in [5.41, 5.74) is 3.51. The van der Waals surface area contributed by atoms with Crippen LogP contribution in [0.3, 0.4) is 0 Å². The van der Waals surface area contributed by atoms with Crippen molar-refractivity contribution in [1.82, 2.24) is 15.0 Å². The van der Waals surface area contributed by atoms with Gasteiger partial charge in [0.2, 0.25) is 17.8 Å². The van der Waals surface area contributed by atoms with Crippen molar-refractivity contribution in [2.45, 2.75) is 64.2 Å². The highest BCUT2D eigenvalue weighted by molar-refractivity contribution is 5.83. The van der Waals surface area contributed by atoms with Gasteiger partial charge in [-0.1, -0.05) is 0 Å². The smallest absolute Gasteiger partial charge is 0.317 e. The molecule has 10 heteroatoms. The molecule has 2 aromatic rings. The van der Waals surface area contributed by atoms with Crippen LogP contribution in [0.2, 0.25) is 0 Å². The monoisotopic (exact) mass is 545 g/mol. The largest absolute Gasteiger partial charge is 0.493 e. The first-order chi connectivity index (χ1) is 19.6.